The fraction of sp³-hybridized carbons (Fsp3) is 0.471. The van der Waals surface area contributed by atoms with Crippen LogP contribution in [-0.2, 0) is 9.59 Å². The Morgan fingerprint density at radius 3 is 2.71 bits per heavy atom. The zero-order valence-electron chi connectivity index (χ0n) is 14.0. The van der Waals surface area contributed by atoms with E-state index in [2.05, 4.69) is 10.6 Å². The summed E-state index contributed by atoms with van der Waals surface area (Å²) < 4.78 is 0. The first-order chi connectivity index (χ1) is 11.3. The van der Waals surface area contributed by atoms with Gasteiger partial charge in [-0.2, -0.15) is 0 Å². The molecule has 1 aliphatic rings. The topological polar surface area (TPSA) is 98.7 Å². The second kappa shape index (κ2) is 7.92. The first kappa shape index (κ1) is 17.9. The fourth-order valence-electron chi connectivity index (χ4n) is 2.88. The molecular formula is C17H23N3O4. The summed E-state index contributed by atoms with van der Waals surface area (Å²) in [4.78, 5) is 36.7. The molecule has 1 aromatic rings. The highest BCUT2D eigenvalue weighted by atomic mass is 16.4. The summed E-state index contributed by atoms with van der Waals surface area (Å²) >= 11 is 0. The summed E-state index contributed by atoms with van der Waals surface area (Å²) in [5.74, 6) is -1.73. The van der Waals surface area contributed by atoms with Crippen molar-refractivity contribution < 1.29 is 19.5 Å². The number of benzene rings is 1. The van der Waals surface area contributed by atoms with Gasteiger partial charge in [0.25, 0.3) is 0 Å². The van der Waals surface area contributed by atoms with E-state index in [-0.39, 0.29) is 6.54 Å². The number of imide groups is 1. The molecule has 3 amide bonds. The molecule has 24 heavy (non-hydrogen) atoms. The number of amides is 3. The van der Waals surface area contributed by atoms with Gasteiger partial charge in [-0.15, -0.1) is 0 Å². The third-order valence-electron chi connectivity index (χ3n) is 4.11. The maximum absolute atomic E-state index is 12.0. The predicted octanol–water partition coefficient (Wildman–Crippen LogP) is 1.75. The van der Waals surface area contributed by atoms with Gasteiger partial charge in [-0.25, -0.2) is 4.79 Å². The van der Waals surface area contributed by atoms with E-state index in [1.807, 2.05) is 26.0 Å². The lowest BCUT2D eigenvalue weighted by molar-refractivity contribution is -0.144. The Morgan fingerprint density at radius 2 is 2.04 bits per heavy atom. The minimum atomic E-state index is -0.840. The van der Waals surface area contributed by atoms with Crippen LogP contribution >= 0.6 is 0 Å². The first-order valence-electron chi connectivity index (χ1n) is 7.98. The molecule has 1 aromatic carbocycles. The minimum absolute atomic E-state index is 0.0179. The van der Waals surface area contributed by atoms with Crippen LogP contribution in [0.3, 0.4) is 0 Å². The van der Waals surface area contributed by atoms with E-state index >= 15 is 0 Å². The molecule has 7 heteroatoms. The molecule has 1 atom stereocenters. The molecule has 2 rings (SSSR count). The number of nitrogens with one attached hydrogen (secondary N) is 2. The van der Waals surface area contributed by atoms with Crippen LogP contribution in [0.2, 0.25) is 0 Å². The Balaban J connectivity index is 1.83. The Kier molecular flexibility index (Phi) is 5.92. The van der Waals surface area contributed by atoms with E-state index in [1.165, 1.54) is 0 Å². The summed E-state index contributed by atoms with van der Waals surface area (Å²) in [6.07, 6.45) is 1.36. The molecule has 3 N–H and O–H groups in total. The van der Waals surface area contributed by atoms with Crippen LogP contribution < -0.4 is 10.6 Å². The van der Waals surface area contributed by atoms with E-state index in [1.54, 1.807) is 11.0 Å². The summed E-state index contributed by atoms with van der Waals surface area (Å²) in [5.41, 5.74) is 2.65. The molecule has 1 aliphatic heterocycles. The molecular weight excluding hydrogens is 310 g/mol. The summed E-state index contributed by atoms with van der Waals surface area (Å²) in [6.45, 7) is 4.86. The maximum Gasteiger partial charge on any atom is 0.325 e. The average molecular weight is 333 g/mol. The molecule has 1 unspecified atom stereocenters. The van der Waals surface area contributed by atoms with Gasteiger partial charge in [-0.3, -0.25) is 19.8 Å². The molecule has 1 heterocycles. The molecule has 0 aliphatic carbocycles. The van der Waals surface area contributed by atoms with Crippen molar-refractivity contribution in [3.63, 3.8) is 0 Å². The van der Waals surface area contributed by atoms with Crippen molar-refractivity contribution in [2.24, 2.45) is 5.92 Å². The van der Waals surface area contributed by atoms with Crippen molar-refractivity contribution in [2.75, 3.05) is 25.0 Å². The van der Waals surface area contributed by atoms with Crippen LogP contribution in [0.15, 0.2) is 18.2 Å². The molecule has 0 radical (unpaired) electrons. The lowest BCUT2D eigenvalue weighted by Crippen LogP contribution is -2.46. The van der Waals surface area contributed by atoms with Crippen molar-refractivity contribution in [3.05, 3.63) is 29.3 Å². The number of nitrogens with zero attached hydrogens (tertiary/aromatic N) is 1. The van der Waals surface area contributed by atoms with Gasteiger partial charge in [0.2, 0.25) is 5.91 Å². The van der Waals surface area contributed by atoms with Crippen molar-refractivity contribution in [1.29, 1.82) is 0 Å². The number of urea groups is 1. The van der Waals surface area contributed by atoms with Crippen LogP contribution in [0.5, 0.6) is 0 Å². The SMILES string of the molecule is Cc1ccc(NC(=O)NC(=O)CN2CCCC(C(=O)O)C2)c(C)c1. The highest BCUT2D eigenvalue weighted by Gasteiger charge is 2.26. The number of piperidine rings is 1. The summed E-state index contributed by atoms with van der Waals surface area (Å²) in [7, 11) is 0. The molecule has 0 aromatic heterocycles. The van der Waals surface area contributed by atoms with Gasteiger partial charge in [0.05, 0.1) is 12.5 Å². The molecule has 7 nitrogen and oxygen atoms in total. The number of hydrogen-bond donors (Lipinski definition) is 3. The number of hydrogen-bond acceptors (Lipinski definition) is 4. The minimum Gasteiger partial charge on any atom is -0.481 e. The van der Waals surface area contributed by atoms with Crippen LogP contribution in [0, 0.1) is 19.8 Å². The third kappa shape index (κ3) is 5.06. The zero-order chi connectivity index (χ0) is 17.7. The second-order valence-corrected chi connectivity index (χ2v) is 6.23. The lowest BCUT2D eigenvalue weighted by Gasteiger charge is -2.29. The first-order valence-corrected chi connectivity index (χ1v) is 7.98. The fourth-order valence-corrected chi connectivity index (χ4v) is 2.88. The molecule has 0 bridgehead atoms. The third-order valence-corrected chi connectivity index (χ3v) is 4.11. The molecule has 0 spiro atoms. The number of aryl methyl sites for hydroxylation is 2. The van der Waals surface area contributed by atoms with E-state index in [0.29, 0.717) is 25.2 Å². The number of rotatable bonds is 4. The Hall–Kier alpha value is -2.41. The molecule has 0 saturated carbocycles. The quantitative estimate of drug-likeness (QED) is 0.780. The number of carboxylic acids is 1. The summed E-state index contributed by atoms with van der Waals surface area (Å²) in [6, 6.07) is 5.02. The Labute approximate surface area is 141 Å². The van der Waals surface area contributed by atoms with Gasteiger partial charge in [0.15, 0.2) is 0 Å². The standard InChI is InChI=1S/C17H23N3O4/c1-11-5-6-14(12(2)8-11)18-17(24)19-15(21)10-20-7-3-4-13(9-20)16(22)23/h5-6,8,13H,3-4,7,9-10H2,1-2H3,(H,22,23)(H2,18,19,21,24). The van der Waals surface area contributed by atoms with Gasteiger partial charge in [-0.1, -0.05) is 17.7 Å². The zero-order valence-corrected chi connectivity index (χ0v) is 14.0. The number of carboxylic acid groups (broad SMARTS) is 1. The number of anilines is 1. The Morgan fingerprint density at radius 1 is 1.29 bits per heavy atom. The normalized spacial score (nSPS) is 18.0. The number of carbonyl (C=O) groups excluding carboxylic acids is 2. The van der Waals surface area contributed by atoms with Crippen LogP contribution in [0.25, 0.3) is 0 Å². The van der Waals surface area contributed by atoms with Crippen molar-refractivity contribution in [1.82, 2.24) is 10.2 Å². The van der Waals surface area contributed by atoms with Crippen LogP contribution in [-0.4, -0.2) is 47.5 Å². The van der Waals surface area contributed by atoms with Crippen molar-refractivity contribution in [2.45, 2.75) is 26.7 Å². The number of carbonyl (C=O) groups is 3. The second-order valence-electron chi connectivity index (χ2n) is 6.23. The molecule has 130 valence electrons. The average Bonchev–Trinajstić information content (AvgIpc) is 2.50. The molecule has 1 saturated heterocycles. The van der Waals surface area contributed by atoms with Crippen LogP contribution in [0.4, 0.5) is 10.5 Å². The van der Waals surface area contributed by atoms with E-state index in [9.17, 15) is 14.4 Å². The van der Waals surface area contributed by atoms with Crippen molar-refractivity contribution >= 4 is 23.6 Å². The van der Waals surface area contributed by atoms with Gasteiger partial charge >= 0.3 is 12.0 Å². The number of likely N-dealkylation sites (tertiary alicyclic amines) is 1. The highest BCUT2D eigenvalue weighted by Crippen LogP contribution is 2.17. The largest absolute Gasteiger partial charge is 0.481 e. The van der Waals surface area contributed by atoms with Crippen LogP contribution in [0.1, 0.15) is 24.0 Å². The van der Waals surface area contributed by atoms with E-state index < -0.39 is 23.8 Å². The van der Waals surface area contributed by atoms with Crippen molar-refractivity contribution in [3.8, 4) is 0 Å². The van der Waals surface area contributed by atoms with E-state index in [4.69, 9.17) is 5.11 Å². The van der Waals surface area contributed by atoms with Gasteiger partial charge in [-0.05, 0) is 44.9 Å². The maximum atomic E-state index is 12.0. The van der Waals surface area contributed by atoms with Gasteiger partial charge in [0.1, 0.15) is 0 Å². The predicted molar refractivity (Wildman–Crippen MR) is 89.9 cm³/mol. The van der Waals surface area contributed by atoms with Gasteiger partial charge in [0, 0.05) is 12.2 Å². The lowest BCUT2D eigenvalue weighted by atomic mass is 9.98. The Bertz CT molecular complexity index is 645. The smallest absolute Gasteiger partial charge is 0.325 e. The highest BCUT2D eigenvalue weighted by molar-refractivity contribution is 6.02. The molecule has 1 fully saturated rings. The van der Waals surface area contributed by atoms with Gasteiger partial charge < -0.3 is 10.4 Å². The van der Waals surface area contributed by atoms with E-state index in [0.717, 1.165) is 17.5 Å². The number of aliphatic carboxylic acids is 1. The summed E-state index contributed by atoms with van der Waals surface area (Å²) in [5, 5.41) is 14.0. The monoisotopic (exact) mass is 333 g/mol.